The van der Waals surface area contributed by atoms with Crippen molar-refractivity contribution in [1.29, 1.82) is 0 Å². The number of rotatable bonds is 7. The number of halogens is 1. The van der Waals surface area contributed by atoms with Crippen LogP contribution in [0.4, 0.5) is 5.95 Å². The SMILES string of the molecule is CCN(CC)CCCC(C)n1c(N)nc2ccc(Cl)cc21. The zero-order valence-corrected chi connectivity index (χ0v) is 13.9. The minimum atomic E-state index is 0.323. The van der Waals surface area contributed by atoms with Crippen molar-refractivity contribution >= 4 is 28.6 Å². The van der Waals surface area contributed by atoms with Gasteiger partial charge < -0.3 is 15.2 Å². The van der Waals surface area contributed by atoms with Crippen LogP contribution in [0.2, 0.25) is 5.02 Å². The number of hydrogen-bond donors (Lipinski definition) is 1. The van der Waals surface area contributed by atoms with Crippen molar-refractivity contribution in [3.05, 3.63) is 23.2 Å². The third kappa shape index (κ3) is 3.69. The first-order valence-electron chi connectivity index (χ1n) is 7.72. The average Bonchev–Trinajstić information content (AvgIpc) is 2.78. The molecule has 1 aromatic heterocycles. The van der Waals surface area contributed by atoms with Crippen LogP contribution in [0.5, 0.6) is 0 Å². The van der Waals surface area contributed by atoms with Gasteiger partial charge >= 0.3 is 0 Å². The van der Waals surface area contributed by atoms with E-state index >= 15 is 0 Å². The van der Waals surface area contributed by atoms with Gasteiger partial charge in [-0.15, -0.1) is 0 Å². The second-order valence-electron chi connectivity index (χ2n) is 5.49. The molecule has 0 saturated carbocycles. The van der Waals surface area contributed by atoms with Crippen molar-refractivity contribution in [2.75, 3.05) is 25.4 Å². The zero-order chi connectivity index (χ0) is 15.4. The lowest BCUT2D eigenvalue weighted by molar-refractivity contribution is 0.289. The Hall–Kier alpha value is -1.26. The standard InChI is InChI=1S/C16H25ClN4/c1-4-20(5-2)10-6-7-12(3)21-15-11-13(17)8-9-14(15)19-16(21)18/h8-9,11-12H,4-7,10H2,1-3H3,(H2,18,19). The Labute approximate surface area is 131 Å². The van der Waals surface area contributed by atoms with Crippen LogP contribution < -0.4 is 5.73 Å². The Morgan fingerprint density at radius 2 is 2.05 bits per heavy atom. The predicted molar refractivity (Wildman–Crippen MR) is 90.9 cm³/mol. The van der Waals surface area contributed by atoms with Crippen LogP contribution in [0.15, 0.2) is 18.2 Å². The van der Waals surface area contributed by atoms with Gasteiger partial charge in [0, 0.05) is 11.1 Å². The molecule has 0 spiro atoms. The van der Waals surface area contributed by atoms with Gasteiger partial charge in [0.2, 0.25) is 5.95 Å². The quantitative estimate of drug-likeness (QED) is 0.842. The molecule has 21 heavy (non-hydrogen) atoms. The summed E-state index contributed by atoms with van der Waals surface area (Å²) in [5.41, 5.74) is 8.02. The van der Waals surface area contributed by atoms with Crippen molar-refractivity contribution in [1.82, 2.24) is 14.5 Å². The fourth-order valence-electron chi connectivity index (χ4n) is 2.83. The third-order valence-electron chi connectivity index (χ3n) is 4.11. The lowest BCUT2D eigenvalue weighted by Gasteiger charge is -2.20. The highest BCUT2D eigenvalue weighted by Gasteiger charge is 2.14. The van der Waals surface area contributed by atoms with E-state index in [1.165, 1.54) is 0 Å². The van der Waals surface area contributed by atoms with Crippen LogP contribution in [0.25, 0.3) is 11.0 Å². The molecule has 1 heterocycles. The number of hydrogen-bond acceptors (Lipinski definition) is 3. The van der Waals surface area contributed by atoms with Crippen molar-refractivity contribution in [2.45, 2.75) is 39.7 Å². The molecular weight excluding hydrogens is 284 g/mol. The van der Waals surface area contributed by atoms with Crippen molar-refractivity contribution in [2.24, 2.45) is 0 Å². The first-order valence-corrected chi connectivity index (χ1v) is 8.09. The minimum absolute atomic E-state index is 0.323. The van der Waals surface area contributed by atoms with Crippen molar-refractivity contribution in [3.8, 4) is 0 Å². The molecule has 2 N–H and O–H groups in total. The molecule has 4 nitrogen and oxygen atoms in total. The zero-order valence-electron chi connectivity index (χ0n) is 13.1. The first-order chi connectivity index (χ1) is 10.1. The molecular formula is C16H25ClN4. The Bertz CT molecular complexity index is 589. The van der Waals surface area contributed by atoms with Gasteiger partial charge in [-0.1, -0.05) is 25.4 Å². The van der Waals surface area contributed by atoms with Crippen LogP contribution >= 0.6 is 11.6 Å². The van der Waals surface area contributed by atoms with Gasteiger partial charge in [0.05, 0.1) is 11.0 Å². The predicted octanol–water partition coefficient (Wildman–Crippen LogP) is 3.95. The molecule has 1 aromatic carbocycles. The highest BCUT2D eigenvalue weighted by atomic mass is 35.5. The van der Waals surface area contributed by atoms with Crippen LogP contribution in [0, 0.1) is 0 Å². The molecule has 2 rings (SSSR count). The Morgan fingerprint density at radius 3 is 2.71 bits per heavy atom. The smallest absolute Gasteiger partial charge is 0.201 e. The van der Waals surface area contributed by atoms with Crippen LogP contribution in [0.3, 0.4) is 0 Å². The summed E-state index contributed by atoms with van der Waals surface area (Å²) < 4.78 is 2.10. The van der Waals surface area contributed by atoms with E-state index in [9.17, 15) is 0 Å². The number of imidazole rings is 1. The molecule has 0 aliphatic heterocycles. The summed E-state index contributed by atoms with van der Waals surface area (Å²) in [4.78, 5) is 6.87. The second kappa shape index (κ2) is 7.14. The van der Waals surface area contributed by atoms with Gasteiger partial charge in [0.25, 0.3) is 0 Å². The molecule has 0 amide bonds. The molecule has 0 aliphatic carbocycles. The Kier molecular flexibility index (Phi) is 5.48. The summed E-state index contributed by atoms with van der Waals surface area (Å²) in [6.45, 7) is 9.95. The topological polar surface area (TPSA) is 47.1 Å². The summed E-state index contributed by atoms with van der Waals surface area (Å²) in [5, 5.41) is 0.721. The highest BCUT2D eigenvalue weighted by molar-refractivity contribution is 6.31. The van der Waals surface area contributed by atoms with E-state index < -0.39 is 0 Å². The number of aromatic nitrogens is 2. The highest BCUT2D eigenvalue weighted by Crippen LogP contribution is 2.27. The molecule has 2 aromatic rings. The van der Waals surface area contributed by atoms with Gasteiger partial charge in [-0.05, 0) is 57.6 Å². The maximum Gasteiger partial charge on any atom is 0.201 e. The Balaban J connectivity index is 2.10. The summed E-state index contributed by atoms with van der Waals surface area (Å²) in [7, 11) is 0. The van der Waals surface area contributed by atoms with E-state index in [1.807, 2.05) is 18.2 Å². The molecule has 0 radical (unpaired) electrons. The number of nitrogens with two attached hydrogens (primary N) is 1. The maximum atomic E-state index is 6.10. The normalized spacial score (nSPS) is 13.2. The lowest BCUT2D eigenvalue weighted by atomic mass is 10.1. The lowest BCUT2D eigenvalue weighted by Crippen LogP contribution is -2.24. The molecule has 1 unspecified atom stereocenters. The van der Waals surface area contributed by atoms with Gasteiger partial charge in [0.1, 0.15) is 0 Å². The van der Waals surface area contributed by atoms with Crippen molar-refractivity contribution < 1.29 is 0 Å². The second-order valence-corrected chi connectivity index (χ2v) is 5.93. The van der Waals surface area contributed by atoms with E-state index in [0.29, 0.717) is 12.0 Å². The third-order valence-corrected chi connectivity index (χ3v) is 4.35. The number of nitrogens with zero attached hydrogens (tertiary/aromatic N) is 3. The molecule has 0 fully saturated rings. The van der Waals surface area contributed by atoms with E-state index in [1.54, 1.807) is 0 Å². The average molecular weight is 309 g/mol. The molecule has 5 heteroatoms. The van der Waals surface area contributed by atoms with Gasteiger partial charge in [0.15, 0.2) is 0 Å². The number of fused-ring (bicyclic) bond motifs is 1. The fraction of sp³-hybridized carbons (Fsp3) is 0.562. The Morgan fingerprint density at radius 1 is 1.33 bits per heavy atom. The van der Waals surface area contributed by atoms with Crippen molar-refractivity contribution in [3.63, 3.8) is 0 Å². The van der Waals surface area contributed by atoms with Crippen LogP contribution in [0.1, 0.15) is 39.7 Å². The monoisotopic (exact) mass is 308 g/mol. The molecule has 0 aliphatic rings. The maximum absolute atomic E-state index is 6.10. The summed E-state index contributed by atoms with van der Waals surface area (Å²) in [6.07, 6.45) is 2.24. The summed E-state index contributed by atoms with van der Waals surface area (Å²) in [5.74, 6) is 0.572. The van der Waals surface area contributed by atoms with Crippen LogP contribution in [-0.2, 0) is 0 Å². The van der Waals surface area contributed by atoms with Gasteiger partial charge in [-0.25, -0.2) is 4.98 Å². The van der Waals surface area contributed by atoms with Gasteiger partial charge in [-0.3, -0.25) is 0 Å². The van der Waals surface area contributed by atoms with Gasteiger partial charge in [-0.2, -0.15) is 0 Å². The van der Waals surface area contributed by atoms with E-state index in [-0.39, 0.29) is 0 Å². The van der Waals surface area contributed by atoms with E-state index in [4.69, 9.17) is 17.3 Å². The number of anilines is 1. The molecule has 1 atom stereocenters. The summed E-state index contributed by atoms with van der Waals surface area (Å²) >= 11 is 6.10. The van der Waals surface area contributed by atoms with E-state index in [2.05, 4.69) is 35.2 Å². The first kappa shape index (κ1) is 16.1. The minimum Gasteiger partial charge on any atom is -0.369 e. The largest absolute Gasteiger partial charge is 0.369 e. The number of nitrogen functional groups attached to an aromatic ring is 1. The van der Waals surface area contributed by atoms with Crippen LogP contribution in [-0.4, -0.2) is 34.1 Å². The molecule has 116 valence electrons. The molecule has 0 saturated heterocycles. The number of benzene rings is 1. The fourth-order valence-corrected chi connectivity index (χ4v) is 2.99. The molecule has 0 bridgehead atoms. The van der Waals surface area contributed by atoms with E-state index in [0.717, 1.165) is 48.5 Å². The summed E-state index contributed by atoms with van der Waals surface area (Å²) in [6, 6.07) is 6.05.